The number of rotatable bonds is 3. The molecule has 4 nitrogen and oxygen atoms in total. The average molecular weight is 141 g/mol. The smallest absolute Gasteiger partial charge is 0.121 e. The summed E-state index contributed by atoms with van der Waals surface area (Å²) in [5.41, 5.74) is 0. The summed E-state index contributed by atoms with van der Waals surface area (Å²) < 4.78 is 0. The zero-order valence-electron chi connectivity index (χ0n) is 5.83. The van der Waals surface area contributed by atoms with Crippen LogP contribution in [0.5, 0.6) is 0 Å². The van der Waals surface area contributed by atoms with Crippen molar-refractivity contribution in [2.45, 2.75) is 13.0 Å². The van der Waals surface area contributed by atoms with E-state index < -0.39 is 0 Å². The van der Waals surface area contributed by atoms with Crippen LogP contribution >= 0.6 is 0 Å². The monoisotopic (exact) mass is 141 g/mol. The second-order valence-electron chi connectivity index (χ2n) is 2.20. The van der Waals surface area contributed by atoms with E-state index in [-0.39, 0.29) is 12.6 Å². The predicted octanol–water partition coefficient (Wildman–Crippen LogP) is 0.202. The maximum atomic E-state index is 8.64. The summed E-state index contributed by atoms with van der Waals surface area (Å²) >= 11 is 0. The average Bonchev–Trinajstić information content (AvgIpc) is 2.40. The second kappa shape index (κ2) is 3.22. The molecule has 0 aliphatic rings. The molecule has 0 saturated carbocycles. The van der Waals surface area contributed by atoms with Crippen molar-refractivity contribution in [1.29, 1.82) is 0 Å². The number of anilines is 1. The molecule has 3 N–H and O–H groups in total. The van der Waals surface area contributed by atoms with E-state index in [4.69, 9.17) is 5.11 Å². The van der Waals surface area contributed by atoms with E-state index in [1.165, 1.54) is 0 Å². The van der Waals surface area contributed by atoms with Crippen molar-refractivity contribution >= 4 is 5.82 Å². The molecule has 1 heterocycles. The Morgan fingerprint density at radius 3 is 3.20 bits per heavy atom. The Morgan fingerprint density at radius 2 is 2.70 bits per heavy atom. The highest BCUT2D eigenvalue weighted by molar-refractivity contribution is 5.32. The van der Waals surface area contributed by atoms with Crippen molar-refractivity contribution in [3.05, 3.63) is 12.3 Å². The normalized spacial score (nSPS) is 13.0. The lowest BCUT2D eigenvalue weighted by molar-refractivity contribution is 0.281. The van der Waals surface area contributed by atoms with Crippen molar-refractivity contribution in [2.24, 2.45) is 0 Å². The molecule has 1 unspecified atom stereocenters. The Balaban J connectivity index is 2.40. The van der Waals surface area contributed by atoms with Crippen LogP contribution in [0.1, 0.15) is 6.92 Å². The van der Waals surface area contributed by atoms with Crippen LogP contribution in [0.25, 0.3) is 0 Å². The first kappa shape index (κ1) is 7.08. The lowest BCUT2D eigenvalue weighted by atomic mass is 10.4. The first-order valence-electron chi connectivity index (χ1n) is 3.19. The van der Waals surface area contributed by atoms with Gasteiger partial charge in [0, 0.05) is 6.04 Å². The standard InChI is InChI=1S/C6H11N3O/c1-5(4-10)8-6-2-3-7-9-6/h2-3,5,10H,4H2,1H3,(H2,7,8,9). The molecule has 1 atom stereocenters. The van der Waals surface area contributed by atoms with E-state index in [1.54, 1.807) is 6.20 Å². The number of nitrogens with zero attached hydrogens (tertiary/aromatic N) is 1. The van der Waals surface area contributed by atoms with Crippen LogP contribution in [-0.4, -0.2) is 28.0 Å². The summed E-state index contributed by atoms with van der Waals surface area (Å²) in [7, 11) is 0. The highest BCUT2D eigenvalue weighted by Gasteiger charge is 1.98. The van der Waals surface area contributed by atoms with Gasteiger partial charge in [0.15, 0.2) is 0 Å². The van der Waals surface area contributed by atoms with Gasteiger partial charge in [-0.3, -0.25) is 5.10 Å². The van der Waals surface area contributed by atoms with Crippen LogP contribution in [0.2, 0.25) is 0 Å². The van der Waals surface area contributed by atoms with E-state index >= 15 is 0 Å². The van der Waals surface area contributed by atoms with Gasteiger partial charge >= 0.3 is 0 Å². The lowest BCUT2D eigenvalue weighted by Crippen LogP contribution is -2.19. The molecule has 0 amide bonds. The molecule has 0 radical (unpaired) electrons. The summed E-state index contributed by atoms with van der Waals surface area (Å²) in [6.07, 6.45) is 1.66. The van der Waals surface area contributed by atoms with E-state index in [0.29, 0.717) is 0 Å². The fraction of sp³-hybridized carbons (Fsp3) is 0.500. The minimum atomic E-state index is 0.0699. The largest absolute Gasteiger partial charge is 0.394 e. The zero-order chi connectivity index (χ0) is 7.40. The fourth-order valence-corrected chi connectivity index (χ4v) is 0.647. The predicted molar refractivity (Wildman–Crippen MR) is 38.8 cm³/mol. The SMILES string of the molecule is CC(CO)Nc1ccn[nH]1. The molecule has 10 heavy (non-hydrogen) atoms. The van der Waals surface area contributed by atoms with Crippen molar-refractivity contribution < 1.29 is 5.11 Å². The number of aliphatic hydroxyl groups excluding tert-OH is 1. The van der Waals surface area contributed by atoms with E-state index in [1.807, 2.05) is 13.0 Å². The van der Waals surface area contributed by atoms with Gasteiger partial charge in [-0.15, -0.1) is 0 Å². The zero-order valence-corrected chi connectivity index (χ0v) is 5.83. The number of aromatic nitrogens is 2. The molecule has 0 aliphatic carbocycles. The number of hydrogen-bond donors (Lipinski definition) is 3. The molecular weight excluding hydrogens is 130 g/mol. The number of aliphatic hydroxyl groups is 1. The van der Waals surface area contributed by atoms with Gasteiger partial charge in [0.1, 0.15) is 5.82 Å². The molecule has 0 aliphatic heterocycles. The summed E-state index contributed by atoms with van der Waals surface area (Å²) in [6, 6.07) is 1.88. The quantitative estimate of drug-likeness (QED) is 0.563. The molecule has 0 saturated heterocycles. The summed E-state index contributed by atoms with van der Waals surface area (Å²) in [6.45, 7) is 2.01. The Bertz CT molecular complexity index is 173. The molecule has 0 spiro atoms. The Morgan fingerprint density at radius 1 is 1.90 bits per heavy atom. The van der Waals surface area contributed by atoms with Gasteiger partial charge in [0.25, 0.3) is 0 Å². The molecule has 0 aromatic carbocycles. The fourth-order valence-electron chi connectivity index (χ4n) is 0.647. The summed E-state index contributed by atoms with van der Waals surface area (Å²) in [5.74, 6) is 0.835. The number of H-pyrrole nitrogens is 1. The van der Waals surface area contributed by atoms with Crippen LogP contribution in [-0.2, 0) is 0 Å². The van der Waals surface area contributed by atoms with Gasteiger partial charge in [-0.25, -0.2) is 0 Å². The van der Waals surface area contributed by atoms with Gasteiger partial charge in [-0.1, -0.05) is 0 Å². The summed E-state index contributed by atoms with van der Waals surface area (Å²) in [5, 5.41) is 18.1. The molecule has 0 bridgehead atoms. The Kier molecular flexibility index (Phi) is 2.28. The Hall–Kier alpha value is -1.03. The third-order valence-corrected chi connectivity index (χ3v) is 1.18. The van der Waals surface area contributed by atoms with Crippen LogP contribution < -0.4 is 5.32 Å². The first-order valence-corrected chi connectivity index (χ1v) is 3.19. The van der Waals surface area contributed by atoms with Gasteiger partial charge in [-0.05, 0) is 13.0 Å². The molecular formula is C6H11N3O. The van der Waals surface area contributed by atoms with Crippen LogP contribution in [0.3, 0.4) is 0 Å². The Labute approximate surface area is 59.3 Å². The van der Waals surface area contributed by atoms with Crippen molar-refractivity contribution in [3.8, 4) is 0 Å². The maximum Gasteiger partial charge on any atom is 0.121 e. The lowest BCUT2D eigenvalue weighted by Gasteiger charge is -2.08. The second-order valence-corrected chi connectivity index (χ2v) is 2.20. The van der Waals surface area contributed by atoms with Crippen LogP contribution in [0, 0.1) is 0 Å². The molecule has 1 rings (SSSR count). The molecule has 56 valence electrons. The third-order valence-electron chi connectivity index (χ3n) is 1.18. The van der Waals surface area contributed by atoms with E-state index in [0.717, 1.165) is 5.82 Å². The van der Waals surface area contributed by atoms with Crippen molar-refractivity contribution in [3.63, 3.8) is 0 Å². The third kappa shape index (κ3) is 1.73. The van der Waals surface area contributed by atoms with Gasteiger partial charge in [-0.2, -0.15) is 5.10 Å². The van der Waals surface area contributed by atoms with Gasteiger partial charge < -0.3 is 10.4 Å². The number of aromatic amines is 1. The molecule has 1 aromatic rings. The van der Waals surface area contributed by atoms with Crippen molar-refractivity contribution in [1.82, 2.24) is 10.2 Å². The molecule has 4 heteroatoms. The minimum Gasteiger partial charge on any atom is -0.394 e. The number of nitrogens with one attached hydrogen (secondary N) is 2. The topological polar surface area (TPSA) is 60.9 Å². The highest BCUT2D eigenvalue weighted by Crippen LogP contribution is 1.99. The van der Waals surface area contributed by atoms with Crippen LogP contribution in [0.15, 0.2) is 12.3 Å². The summed E-state index contributed by atoms with van der Waals surface area (Å²) in [4.78, 5) is 0. The van der Waals surface area contributed by atoms with Crippen LogP contribution in [0.4, 0.5) is 5.82 Å². The maximum absolute atomic E-state index is 8.64. The van der Waals surface area contributed by atoms with Gasteiger partial charge in [0.05, 0.1) is 12.8 Å². The van der Waals surface area contributed by atoms with E-state index in [9.17, 15) is 0 Å². The molecule has 1 aromatic heterocycles. The van der Waals surface area contributed by atoms with Crippen molar-refractivity contribution in [2.75, 3.05) is 11.9 Å². The highest BCUT2D eigenvalue weighted by atomic mass is 16.3. The van der Waals surface area contributed by atoms with E-state index in [2.05, 4.69) is 15.5 Å². The number of hydrogen-bond acceptors (Lipinski definition) is 3. The van der Waals surface area contributed by atoms with Gasteiger partial charge in [0.2, 0.25) is 0 Å². The first-order chi connectivity index (χ1) is 4.83. The minimum absolute atomic E-state index is 0.0699. The molecule has 0 fully saturated rings.